The van der Waals surface area contributed by atoms with Gasteiger partial charge in [-0.05, 0) is 30.9 Å². The Morgan fingerprint density at radius 2 is 1.94 bits per heavy atom. The van der Waals surface area contributed by atoms with Crippen molar-refractivity contribution in [1.82, 2.24) is 0 Å². The number of hydrogen-bond acceptors (Lipinski definition) is 2. The van der Waals surface area contributed by atoms with Crippen LogP contribution in [0.5, 0.6) is 5.75 Å². The van der Waals surface area contributed by atoms with Gasteiger partial charge in [0.05, 0.1) is 5.02 Å². The Hall–Kier alpha value is 0.0400. The predicted octanol–water partition coefficient (Wildman–Crippen LogP) is 4.42. The highest BCUT2D eigenvalue weighted by Gasteiger charge is 2.27. The molecule has 0 heterocycles. The summed E-state index contributed by atoms with van der Waals surface area (Å²) in [5, 5.41) is 10.3. The monoisotopic (exact) mass is 339 g/mol. The summed E-state index contributed by atoms with van der Waals surface area (Å²) in [6, 6.07) is 3.38. The maximum absolute atomic E-state index is 9.97. The van der Waals surface area contributed by atoms with Crippen LogP contribution in [0.2, 0.25) is 5.02 Å². The highest BCUT2D eigenvalue weighted by Crippen LogP contribution is 2.42. The molecule has 0 aromatic heterocycles. The molecular weight excluding hydrogens is 325 g/mol. The fourth-order valence-electron chi connectivity index (χ4n) is 2.43. The van der Waals surface area contributed by atoms with E-state index in [1.807, 2.05) is 6.07 Å². The largest absolute Gasteiger partial charge is 0.506 e. The molecule has 0 unspecified atom stereocenters. The molecule has 1 fully saturated rings. The summed E-state index contributed by atoms with van der Waals surface area (Å²) >= 11 is 9.34. The lowest BCUT2D eigenvalue weighted by atomic mass is 9.92. The third-order valence-corrected chi connectivity index (χ3v) is 4.35. The number of hydrogen-bond donors (Lipinski definition) is 2. The van der Waals surface area contributed by atoms with Crippen LogP contribution >= 0.6 is 39.9 Å². The summed E-state index contributed by atoms with van der Waals surface area (Å²) in [5.74, 6) is 0.580. The van der Waals surface area contributed by atoms with Gasteiger partial charge in [-0.15, -0.1) is 12.4 Å². The van der Waals surface area contributed by atoms with E-state index in [0.29, 0.717) is 10.9 Å². The first-order valence-corrected chi connectivity index (χ1v) is 6.71. The van der Waals surface area contributed by atoms with Gasteiger partial charge in [0.2, 0.25) is 0 Å². The van der Waals surface area contributed by atoms with Crippen LogP contribution in [0, 0.1) is 5.92 Å². The lowest BCUT2D eigenvalue weighted by Gasteiger charge is -2.21. The van der Waals surface area contributed by atoms with Crippen molar-refractivity contribution in [3.8, 4) is 5.75 Å². The van der Waals surface area contributed by atoms with Crippen LogP contribution in [0.25, 0.3) is 0 Å². The van der Waals surface area contributed by atoms with E-state index in [0.717, 1.165) is 22.9 Å². The van der Waals surface area contributed by atoms with E-state index in [2.05, 4.69) is 15.9 Å². The molecule has 1 aromatic rings. The number of phenolic OH excluding ortho intramolecular Hbond substituents is 1. The van der Waals surface area contributed by atoms with Crippen LogP contribution in [0.3, 0.4) is 0 Å². The number of phenols is 1. The fraction of sp³-hybridized carbons (Fsp3) is 0.500. The van der Waals surface area contributed by atoms with E-state index in [1.54, 1.807) is 6.07 Å². The van der Waals surface area contributed by atoms with Gasteiger partial charge in [-0.2, -0.15) is 0 Å². The first kappa shape index (κ1) is 15.1. The van der Waals surface area contributed by atoms with Gasteiger partial charge in [-0.3, -0.25) is 0 Å². The first-order valence-electron chi connectivity index (χ1n) is 5.53. The average molecular weight is 341 g/mol. The van der Waals surface area contributed by atoms with Gasteiger partial charge in [0.25, 0.3) is 0 Å². The molecule has 0 spiro atoms. The summed E-state index contributed by atoms with van der Waals surface area (Å²) in [6.45, 7) is 0. The van der Waals surface area contributed by atoms with Gasteiger partial charge in [0.1, 0.15) is 5.75 Å². The van der Waals surface area contributed by atoms with Crippen molar-refractivity contribution in [2.75, 3.05) is 0 Å². The third kappa shape index (κ3) is 3.08. The topological polar surface area (TPSA) is 46.2 Å². The minimum Gasteiger partial charge on any atom is -0.506 e. The Bertz CT molecular complexity index is 394. The zero-order valence-corrected chi connectivity index (χ0v) is 12.5. The van der Waals surface area contributed by atoms with Crippen molar-refractivity contribution >= 4 is 39.9 Å². The summed E-state index contributed by atoms with van der Waals surface area (Å²) in [7, 11) is 0. The van der Waals surface area contributed by atoms with E-state index in [4.69, 9.17) is 17.3 Å². The normalized spacial score (nSPS) is 17.8. The second kappa shape index (κ2) is 6.28. The summed E-state index contributed by atoms with van der Waals surface area (Å²) in [4.78, 5) is 0. The minimum atomic E-state index is -0.129. The van der Waals surface area contributed by atoms with Crippen LogP contribution in [-0.2, 0) is 0 Å². The quantitative estimate of drug-likeness (QED) is 0.837. The second-order valence-corrected chi connectivity index (χ2v) is 5.62. The van der Waals surface area contributed by atoms with Crippen molar-refractivity contribution in [2.45, 2.75) is 31.7 Å². The molecule has 17 heavy (non-hydrogen) atoms. The van der Waals surface area contributed by atoms with E-state index >= 15 is 0 Å². The minimum absolute atomic E-state index is 0. The first-order chi connectivity index (χ1) is 7.61. The summed E-state index contributed by atoms with van der Waals surface area (Å²) in [6.07, 6.45) is 4.74. The van der Waals surface area contributed by atoms with Crippen molar-refractivity contribution in [2.24, 2.45) is 11.7 Å². The standard InChI is InChI=1S/C12H15BrClNO.ClH/c13-8-5-6-9(14)12(16)10(8)11(15)7-3-1-2-4-7;/h5-7,11,16H,1-4,15H2;1H/t11-;/m1./s1. The molecule has 1 aromatic carbocycles. The van der Waals surface area contributed by atoms with E-state index in [-0.39, 0.29) is 24.2 Å². The molecular formula is C12H16BrCl2NO. The summed E-state index contributed by atoms with van der Waals surface area (Å²) in [5.41, 5.74) is 6.97. The highest BCUT2D eigenvalue weighted by atomic mass is 79.9. The number of aromatic hydroxyl groups is 1. The van der Waals surface area contributed by atoms with Crippen LogP contribution in [-0.4, -0.2) is 5.11 Å². The van der Waals surface area contributed by atoms with E-state index in [9.17, 15) is 5.11 Å². The number of benzene rings is 1. The van der Waals surface area contributed by atoms with Crippen LogP contribution < -0.4 is 5.73 Å². The SMILES string of the molecule is Cl.N[C@@H](c1c(Br)ccc(Cl)c1O)C1CCCC1. The van der Waals surface area contributed by atoms with Crippen molar-refractivity contribution in [3.63, 3.8) is 0 Å². The predicted molar refractivity (Wildman–Crippen MR) is 77.0 cm³/mol. The molecule has 0 saturated heterocycles. The zero-order valence-electron chi connectivity index (χ0n) is 9.33. The molecule has 1 aliphatic carbocycles. The van der Waals surface area contributed by atoms with Gasteiger partial charge >= 0.3 is 0 Å². The molecule has 0 amide bonds. The molecule has 1 atom stereocenters. The lowest BCUT2D eigenvalue weighted by Crippen LogP contribution is -2.19. The third-order valence-electron chi connectivity index (χ3n) is 3.36. The molecule has 2 rings (SSSR count). The molecule has 1 aliphatic rings. The van der Waals surface area contributed by atoms with Crippen LogP contribution in [0.15, 0.2) is 16.6 Å². The van der Waals surface area contributed by atoms with Crippen LogP contribution in [0.1, 0.15) is 37.3 Å². The van der Waals surface area contributed by atoms with E-state index in [1.165, 1.54) is 12.8 Å². The van der Waals surface area contributed by atoms with Crippen molar-refractivity contribution in [1.29, 1.82) is 0 Å². The van der Waals surface area contributed by atoms with Gasteiger partial charge in [-0.25, -0.2) is 0 Å². The fourth-order valence-corrected chi connectivity index (χ4v) is 3.18. The molecule has 3 N–H and O–H groups in total. The Labute approximate surface area is 121 Å². The maximum Gasteiger partial charge on any atom is 0.140 e. The van der Waals surface area contributed by atoms with Gasteiger partial charge in [-0.1, -0.05) is 40.4 Å². The van der Waals surface area contributed by atoms with Gasteiger partial charge in [0, 0.05) is 16.1 Å². The zero-order chi connectivity index (χ0) is 11.7. The van der Waals surface area contributed by atoms with Crippen molar-refractivity contribution < 1.29 is 5.11 Å². The highest BCUT2D eigenvalue weighted by molar-refractivity contribution is 9.10. The van der Waals surface area contributed by atoms with Crippen molar-refractivity contribution in [3.05, 3.63) is 27.2 Å². The lowest BCUT2D eigenvalue weighted by molar-refractivity contribution is 0.411. The Balaban J connectivity index is 0.00000144. The van der Waals surface area contributed by atoms with Gasteiger partial charge < -0.3 is 10.8 Å². The second-order valence-electron chi connectivity index (χ2n) is 4.36. The number of rotatable bonds is 2. The molecule has 96 valence electrons. The average Bonchev–Trinajstić information content (AvgIpc) is 2.77. The molecule has 0 radical (unpaired) electrons. The molecule has 5 heteroatoms. The summed E-state index contributed by atoms with van der Waals surface area (Å²) < 4.78 is 0.841. The molecule has 1 saturated carbocycles. The van der Waals surface area contributed by atoms with E-state index < -0.39 is 0 Å². The number of nitrogens with two attached hydrogens (primary N) is 1. The maximum atomic E-state index is 9.97. The van der Waals surface area contributed by atoms with Crippen LogP contribution in [0.4, 0.5) is 0 Å². The Kier molecular flexibility index (Phi) is 5.58. The van der Waals surface area contributed by atoms with Gasteiger partial charge in [0.15, 0.2) is 0 Å². The Morgan fingerprint density at radius 1 is 1.35 bits per heavy atom. The molecule has 0 aliphatic heterocycles. The Morgan fingerprint density at radius 3 is 2.53 bits per heavy atom. The smallest absolute Gasteiger partial charge is 0.140 e. The molecule has 0 bridgehead atoms. The molecule has 2 nitrogen and oxygen atoms in total. The number of halogens is 3.